The van der Waals surface area contributed by atoms with Gasteiger partial charge in [-0.1, -0.05) is 17.4 Å². The van der Waals surface area contributed by atoms with Crippen LogP contribution in [0.2, 0.25) is 0 Å². The van der Waals surface area contributed by atoms with Gasteiger partial charge in [0.1, 0.15) is 17.9 Å². The third-order valence-electron chi connectivity index (χ3n) is 2.48. The second-order valence-corrected chi connectivity index (χ2v) is 4.83. The third-order valence-corrected chi connectivity index (χ3v) is 3.43. The predicted molar refractivity (Wildman–Crippen MR) is 69.7 cm³/mol. The number of carbonyl (C=O) groups is 2. The fourth-order valence-electron chi connectivity index (χ4n) is 1.63. The number of nitrogens with one attached hydrogen (secondary N) is 1. The van der Waals surface area contributed by atoms with E-state index in [1.54, 1.807) is 0 Å². The minimum atomic E-state index is -1.30. The maximum Gasteiger partial charge on any atom is 0.322 e. The van der Waals surface area contributed by atoms with E-state index in [1.165, 1.54) is 12.1 Å². The van der Waals surface area contributed by atoms with Gasteiger partial charge in [0.2, 0.25) is 5.43 Å². The van der Waals surface area contributed by atoms with Crippen molar-refractivity contribution in [1.82, 2.24) is 5.32 Å². The van der Waals surface area contributed by atoms with Gasteiger partial charge in [-0.15, -0.1) is 0 Å². The van der Waals surface area contributed by atoms with E-state index in [0.717, 1.165) is 6.07 Å². The summed E-state index contributed by atoms with van der Waals surface area (Å²) in [5, 5.41) is 19.2. The van der Waals surface area contributed by atoms with Gasteiger partial charge in [-0.2, -0.15) is 0 Å². The third kappa shape index (κ3) is 2.45. The Bertz CT molecular complexity index is 770. The number of carboxylic acid groups (broad SMARTS) is 1. The van der Waals surface area contributed by atoms with Gasteiger partial charge in [-0.25, -0.2) is 4.39 Å². The summed E-state index contributed by atoms with van der Waals surface area (Å²) in [5.41, 5.74) is -1.63. The fourth-order valence-corrected chi connectivity index (χ4v) is 2.57. The number of benzene rings is 1. The van der Waals surface area contributed by atoms with E-state index in [-0.39, 0.29) is 10.1 Å². The molecule has 0 spiro atoms. The summed E-state index contributed by atoms with van der Waals surface area (Å²) in [5.74, 6) is -3.17. The van der Waals surface area contributed by atoms with Crippen LogP contribution in [-0.2, 0) is 4.79 Å². The minimum Gasteiger partial charge on any atom is -0.499 e. The Balaban J connectivity index is 2.59. The number of fused-ring (bicyclic) bond motifs is 1. The molecule has 0 saturated carbocycles. The molecule has 8 heteroatoms. The monoisotopic (exact) mass is 297 g/mol. The molecule has 0 saturated heterocycles. The fraction of sp³-hybridized carbons (Fsp3) is 0.0833. The van der Waals surface area contributed by atoms with Gasteiger partial charge < -0.3 is 15.5 Å². The molecule has 20 heavy (non-hydrogen) atoms. The molecular formula is C12H8FNO5S. The summed E-state index contributed by atoms with van der Waals surface area (Å²) in [6, 6.07) is 3.87. The number of hydrogen-bond acceptors (Lipinski definition) is 5. The lowest BCUT2D eigenvalue weighted by Crippen LogP contribution is -2.32. The molecule has 1 heterocycles. The highest BCUT2D eigenvalue weighted by molar-refractivity contribution is 7.20. The summed E-state index contributed by atoms with van der Waals surface area (Å²) >= 11 is 0.667. The van der Waals surface area contributed by atoms with Gasteiger partial charge in [0.15, 0.2) is 5.06 Å². The van der Waals surface area contributed by atoms with Crippen molar-refractivity contribution in [2.45, 2.75) is 0 Å². The van der Waals surface area contributed by atoms with Crippen molar-refractivity contribution in [2.24, 2.45) is 0 Å². The van der Waals surface area contributed by atoms with E-state index < -0.39 is 40.3 Å². The lowest BCUT2D eigenvalue weighted by atomic mass is 10.2. The number of aromatic hydroxyl groups is 1. The van der Waals surface area contributed by atoms with Crippen molar-refractivity contribution >= 4 is 33.3 Å². The van der Waals surface area contributed by atoms with Crippen LogP contribution in [0, 0.1) is 5.82 Å². The number of carbonyl (C=O) groups excluding carboxylic acids is 1. The van der Waals surface area contributed by atoms with E-state index >= 15 is 0 Å². The van der Waals surface area contributed by atoms with Crippen molar-refractivity contribution < 1.29 is 24.2 Å². The van der Waals surface area contributed by atoms with Gasteiger partial charge in [-0.05, 0) is 12.1 Å². The van der Waals surface area contributed by atoms with Crippen LogP contribution >= 0.6 is 11.3 Å². The smallest absolute Gasteiger partial charge is 0.322 e. The summed E-state index contributed by atoms with van der Waals surface area (Å²) < 4.78 is 13.8. The number of aliphatic carboxylic acids is 1. The van der Waals surface area contributed by atoms with Crippen LogP contribution in [-0.4, -0.2) is 28.6 Å². The van der Waals surface area contributed by atoms with E-state index in [4.69, 9.17) is 5.11 Å². The Morgan fingerprint density at radius 3 is 2.70 bits per heavy atom. The summed E-state index contributed by atoms with van der Waals surface area (Å²) in [6.07, 6.45) is 0. The molecule has 0 aliphatic heterocycles. The van der Waals surface area contributed by atoms with E-state index in [9.17, 15) is 23.9 Å². The maximum atomic E-state index is 13.6. The Morgan fingerprint density at radius 1 is 1.35 bits per heavy atom. The Hall–Kier alpha value is -2.48. The number of rotatable bonds is 3. The molecule has 6 nitrogen and oxygen atoms in total. The zero-order chi connectivity index (χ0) is 14.9. The zero-order valence-corrected chi connectivity index (χ0v) is 10.7. The van der Waals surface area contributed by atoms with Gasteiger partial charge >= 0.3 is 5.97 Å². The maximum absolute atomic E-state index is 13.6. The lowest BCUT2D eigenvalue weighted by molar-refractivity contribution is -0.135. The molecule has 2 rings (SSSR count). The van der Waals surface area contributed by atoms with Crippen molar-refractivity contribution in [1.29, 1.82) is 0 Å². The van der Waals surface area contributed by atoms with E-state index in [2.05, 4.69) is 0 Å². The molecule has 0 radical (unpaired) electrons. The molecule has 0 fully saturated rings. The first-order valence-electron chi connectivity index (χ1n) is 5.36. The van der Waals surface area contributed by atoms with Crippen molar-refractivity contribution in [3.05, 3.63) is 39.8 Å². The van der Waals surface area contributed by atoms with Gasteiger partial charge in [0.25, 0.3) is 5.91 Å². The molecule has 0 bridgehead atoms. The highest BCUT2D eigenvalue weighted by Crippen LogP contribution is 2.28. The standard InChI is InChI=1S/C12H8FNO5S/c13-5-2-1-3-6-8(5)10(17)9(12(19)20-6)11(18)14-4-7(15)16/h1-3,19H,4H2,(H,14,18)(H,15,16). The highest BCUT2D eigenvalue weighted by atomic mass is 32.1. The first-order chi connectivity index (χ1) is 9.41. The Morgan fingerprint density at radius 2 is 2.05 bits per heavy atom. The lowest BCUT2D eigenvalue weighted by Gasteiger charge is -2.05. The second kappa shape index (κ2) is 5.25. The van der Waals surface area contributed by atoms with Crippen LogP contribution in [0.5, 0.6) is 5.06 Å². The average Bonchev–Trinajstić information content (AvgIpc) is 2.35. The van der Waals surface area contributed by atoms with Gasteiger partial charge in [0.05, 0.1) is 5.39 Å². The molecule has 1 amide bonds. The topological polar surface area (TPSA) is 104 Å². The molecular weight excluding hydrogens is 289 g/mol. The van der Waals surface area contributed by atoms with Crippen LogP contribution in [0.15, 0.2) is 23.0 Å². The summed E-state index contributed by atoms with van der Waals surface area (Å²) in [6.45, 7) is -0.711. The largest absolute Gasteiger partial charge is 0.499 e. The molecule has 2 aromatic rings. The number of halogens is 1. The molecule has 0 atom stereocenters. The van der Waals surface area contributed by atoms with E-state index in [1.807, 2.05) is 5.32 Å². The second-order valence-electron chi connectivity index (χ2n) is 3.80. The average molecular weight is 297 g/mol. The number of carboxylic acids is 1. The molecule has 3 N–H and O–H groups in total. The molecule has 0 unspecified atom stereocenters. The van der Waals surface area contributed by atoms with Crippen LogP contribution in [0.25, 0.3) is 10.1 Å². The van der Waals surface area contributed by atoms with E-state index in [0.29, 0.717) is 11.3 Å². The Kier molecular flexibility index (Phi) is 3.66. The van der Waals surface area contributed by atoms with Gasteiger partial charge in [0, 0.05) is 4.70 Å². The minimum absolute atomic E-state index is 0.197. The predicted octanol–water partition coefficient (Wildman–Crippen LogP) is 0.921. The van der Waals surface area contributed by atoms with Gasteiger partial charge in [-0.3, -0.25) is 14.4 Å². The van der Waals surface area contributed by atoms with Crippen molar-refractivity contribution in [2.75, 3.05) is 6.54 Å². The molecule has 104 valence electrons. The first-order valence-corrected chi connectivity index (χ1v) is 6.17. The summed E-state index contributed by atoms with van der Waals surface area (Å²) in [7, 11) is 0. The van der Waals surface area contributed by atoms with Crippen LogP contribution in [0.1, 0.15) is 10.4 Å². The molecule has 1 aromatic heterocycles. The molecule has 1 aromatic carbocycles. The zero-order valence-electron chi connectivity index (χ0n) is 9.84. The summed E-state index contributed by atoms with van der Waals surface area (Å²) in [4.78, 5) is 34.1. The van der Waals surface area contributed by atoms with Crippen LogP contribution in [0.3, 0.4) is 0 Å². The Labute approximate surface area is 115 Å². The molecule has 0 aliphatic carbocycles. The van der Waals surface area contributed by atoms with Crippen molar-refractivity contribution in [3.8, 4) is 5.06 Å². The number of hydrogen-bond donors (Lipinski definition) is 3. The van der Waals surface area contributed by atoms with Crippen LogP contribution in [0.4, 0.5) is 4.39 Å². The highest BCUT2D eigenvalue weighted by Gasteiger charge is 2.21. The van der Waals surface area contributed by atoms with Crippen molar-refractivity contribution in [3.63, 3.8) is 0 Å². The quantitative estimate of drug-likeness (QED) is 0.781. The SMILES string of the molecule is O=C(O)CNC(=O)c1c(O)sc2cccc(F)c2c1=O. The normalized spacial score (nSPS) is 10.4. The van der Waals surface area contributed by atoms with Crippen LogP contribution < -0.4 is 10.7 Å². The molecule has 0 aliphatic rings. The first kappa shape index (κ1) is 13.9. The number of amides is 1.